The summed E-state index contributed by atoms with van der Waals surface area (Å²) >= 11 is 0. The number of benzene rings is 1. The van der Waals surface area contributed by atoms with Gasteiger partial charge in [0.05, 0.1) is 0 Å². The van der Waals surface area contributed by atoms with Crippen molar-refractivity contribution in [3.63, 3.8) is 0 Å². The Bertz CT molecular complexity index is 260. The van der Waals surface area contributed by atoms with Crippen molar-refractivity contribution in [2.75, 3.05) is 0 Å². The average molecular weight is 176 g/mol. The van der Waals surface area contributed by atoms with Gasteiger partial charge in [-0.05, 0) is 6.92 Å². The van der Waals surface area contributed by atoms with E-state index in [1.165, 1.54) is 5.19 Å². The molecule has 1 rings (SSSR count). The molecule has 0 atom stereocenters. The van der Waals surface area contributed by atoms with E-state index in [9.17, 15) is 0 Å². The van der Waals surface area contributed by atoms with Crippen molar-refractivity contribution in [2.24, 2.45) is 0 Å². The van der Waals surface area contributed by atoms with Crippen LogP contribution in [0.2, 0.25) is 13.1 Å². The van der Waals surface area contributed by atoms with Gasteiger partial charge in [0.25, 0.3) is 0 Å². The Hall–Kier alpha value is -0.823. The van der Waals surface area contributed by atoms with Gasteiger partial charge < -0.3 is 0 Å². The van der Waals surface area contributed by atoms with Crippen molar-refractivity contribution in [3.05, 3.63) is 42.1 Å². The molecule has 0 aromatic heterocycles. The molecule has 0 spiro atoms. The first kappa shape index (κ1) is 9.27. The van der Waals surface area contributed by atoms with Gasteiger partial charge in [0.2, 0.25) is 0 Å². The fraction of sp³-hybridized carbons (Fsp3) is 0.273. The summed E-state index contributed by atoms with van der Waals surface area (Å²) in [4.78, 5) is 0. The third kappa shape index (κ3) is 2.08. The van der Waals surface area contributed by atoms with E-state index in [1.54, 1.807) is 0 Å². The molecule has 0 bridgehead atoms. The predicted molar refractivity (Wildman–Crippen MR) is 58.4 cm³/mol. The van der Waals surface area contributed by atoms with Crippen LogP contribution in [0.4, 0.5) is 0 Å². The lowest BCUT2D eigenvalue weighted by Gasteiger charge is -2.17. The highest BCUT2D eigenvalue weighted by molar-refractivity contribution is 6.93. The van der Waals surface area contributed by atoms with E-state index in [2.05, 4.69) is 62.1 Å². The second-order valence-corrected chi connectivity index (χ2v) is 7.94. The molecule has 0 N–H and O–H groups in total. The Morgan fingerprint density at radius 3 is 2.17 bits per heavy atom. The third-order valence-corrected chi connectivity index (χ3v) is 5.09. The third-order valence-electron chi connectivity index (χ3n) is 2.10. The second kappa shape index (κ2) is 3.72. The first-order valence-electron chi connectivity index (χ1n) is 4.36. The molecular formula is C11H16Si. The summed E-state index contributed by atoms with van der Waals surface area (Å²) in [5.41, 5.74) is 2.36. The van der Waals surface area contributed by atoms with E-state index in [0.717, 1.165) is 0 Å². The van der Waals surface area contributed by atoms with E-state index in [4.69, 9.17) is 0 Å². The van der Waals surface area contributed by atoms with Crippen LogP contribution in [0.5, 0.6) is 0 Å². The fourth-order valence-corrected chi connectivity index (χ4v) is 3.46. The van der Waals surface area contributed by atoms with E-state index in [-0.39, 0.29) is 0 Å². The monoisotopic (exact) mass is 176 g/mol. The van der Waals surface area contributed by atoms with E-state index < -0.39 is 8.07 Å². The predicted octanol–water partition coefficient (Wildman–Crippen LogP) is 2.72. The Balaban J connectivity index is 2.97. The minimum absolute atomic E-state index is 1.26. The Labute approximate surface area is 75.9 Å². The SMILES string of the molecule is C/C=C/[Si](C)(C)c1ccccc1. The van der Waals surface area contributed by atoms with Crippen molar-refractivity contribution < 1.29 is 0 Å². The standard InChI is InChI=1S/C11H16Si/c1-4-10-12(2,3)11-8-6-5-7-9-11/h4-10H,1-3H3/b10-4+. The number of allylic oxidation sites excluding steroid dienone is 1. The zero-order valence-electron chi connectivity index (χ0n) is 8.04. The molecule has 12 heavy (non-hydrogen) atoms. The summed E-state index contributed by atoms with van der Waals surface area (Å²) in [7, 11) is -1.26. The zero-order chi connectivity index (χ0) is 9.03. The normalized spacial score (nSPS) is 12.2. The molecule has 0 amide bonds. The van der Waals surface area contributed by atoms with Crippen molar-refractivity contribution in [1.82, 2.24) is 0 Å². The molecule has 0 nitrogen and oxygen atoms in total. The van der Waals surface area contributed by atoms with Crippen LogP contribution in [0.3, 0.4) is 0 Å². The van der Waals surface area contributed by atoms with Crippen molar-refractivity contribution in [1.29, 1.82) is 0 Å². The van der Waals surface area contributed by atoms with Gasteiger partial charge in [-0.15, -0.1) is 0 Å². The van der Waals surface area contributed by atoms with Gasteiger partial charge in [-0.25, -0.2) is 0 Å². The minimum atomic E-state index is -1.26. The van der Waals surface area contributed by atoms with Crippen molar-refractivity contribution in [3.8, 4) is 0 Å². The van der Waals surface area contributed by atoms with Crippen molar-refractivity contribution in [2.45, 2.75) is 20.0 Å². The first-order valence-corrected chi connectivity index (χ1v) is 7.44. The van der Waals surface area contributed by atoms with Crippen LogP contribution in [-0.4, -0.2) is 8.07 Å². The highest BCUT2D eigenvalue weighted by atomic mass is 28.3. The molecule has 0 aliphatic rings. The minimum Gasteiger partial charge on any atom is -0.0952 e. The maximum absolute atomic E-state index is 2.36. The Kier molecular flexibility index (Phi) is 2.87. The summed E-state index contributed by atoms with van der Waals surface area (Å²) in [6.07, 6.45) is 2.17. The summed E-state index contributed by atoms with van der Waals surface area (Å²) in [6.45, 7) is 6.82. The van der Waals surface area contributed by atoms with Gasteiger partial charge in [-0.1, -0.05) is 60.4 Å². The molecule has 1 heteroatoms. The molecule has 64 valence electrons. The number of hydrogen-bond donors (Lipinski definition) is 0. The highest BCUT2D eigenvalue weighted by Crippen LogP contribution is 2.04. The number of rotatable bonds is 2. The smallest absolute Gasteiger partial charge is 0.0952 e. The topological polar surface area (TPSA) is 0 Å². The molecule has 0 aliphatic heterocycles. The van der Waals surface area contributed by atoms with Gasteiger partial charge >= 0.3 is 0 Å². The largest absolute Gasteiger partial charge is 0.103 e. The quantitative estimate of drug-likeness (QED) is 0.608. The fourth-order valence-electron chi connectivity index (χ4n) is 1.38. The molecular weight excluding hydrogens is 160 g/mol. The van der Waals surface area contributed by atoms with Crippen LogP contribution in [0.1, 0.15) is 6.92 Å². The summed E-state index contributed by atoms with van der Waals surface area (Å²) in [5, 5.41) is 1.50. The molecule has 1 aromatic carbocycles. The van der Waals surface area contributed by atoms with E-state index in [1.807, 2.05) is 0 Å². The molecule has 0 aliphatic carbocycles. The van der Waals surface area contributed by atoms with Crippen molar-refractivity contribution >= 4 is 13.3 Å². The highest BCUT2D eigenvalue weighted by Gasteiger charge is 2.18. The first-order chi connectivity index (χ1) is 5.67. The zero-order valence-corrected chi connectivity index (χ0v) is 9.04. The van der Waals surface area contributed by atoms with Gasteiger partial charge in [0, 0.05) is 0 Å². The number of hydrogen-bond acceptors (Lipinski definition) is 0. The second-order valence-electron chi connectivity index (χ2n) is 3.59. The maximum atomic E-state index is 2.36. The summed E-state index contributed by atoms with van der Waals surface area (Å²) in [6, 6.07) is 10.8. The summed E-state index contributed by atoms with van der Waals surface area (Å²) in [5.74, 6) is 0. The average Bonchev–Trinajstić information content (AvgIpc) is 2.06. The molecule has 0 unspecified atom stereocenters. The van der Waals surface area contributed by atoms with Crippen LogP contribution >= 0.6 is 0 Å². The van der Waals surface area contributed by atoms with Gasteiger partial charge in [-0.2, -0.15) is 0 Å². The van der Waals surface area contributed by atoms with Crippen LogP contribution in [0, 0.1) is 0 Å². The maximum Gasteiger partial charge on any atom is 0.103 e. The molecule has 1 aromatic rings. The lowest BCUT2D eigenvalue weighted by molar-refractivity contribution is 1.68. The van der Waals surface area contributed by atoms with Crippen LogP contribution in [0.25, 0.3) is 0 Å². The Morgan fingerprint density at radius 1 is 1.08 bits per heavy atom. The molecule has 0 fully saturated rings. The molecule has 0 heterocycles. The summed E-state index contributed by atoms with van der Waals surface area (Å²) < 4.78 is 0. The molecule has 0 saturated heterocycles. The van der Waals surface area contributed by atoms with Gasteiger partial charge in [0.1, 0.15) is 8.07 Å². The van der Waals surface area contributed by atoms with E-state index >= 15 is 0 Å². The molecule has 0 saturated carbocycles. The van der Waals surface area contributed by atoms with E-state index in [0.29, 0.717) is 0 Å². The van der Waals surface area contributed by atoms with Crippen LogP contribution < -0.4 is 5.19 Å². The Morgan fingerprint density at radius 2 is 1.67 bits per heavy atom. The van der Waals surface area contributed by atoms with Crippen LogP contribution in [-0.2, 0) is 0 Å². The van der Waals surface area contributed by atoms with Crippen LogP contribution in [0.15, 0.2) is 42.1 Å². The van der Waals surface area contributed by atoms with Gasteiger partial charge in [0.15, 0.2) is 0 Å². The lowest BCUT2D eigenvalue weighted by Crippen LogP contribution is -2.39. The van der Waals surface area contributed by atoms with Gasteiger partial charge in [-0.3, -0.25) is 0 Å². The lowest BCUT2D eigenvalue weighted by atomic mass is 10.4. The molecule has 0 radical (unpaired) electrons.